The van der Waals surface area contributed by atoms with Crippen LogP contribution in [0.5, 0.6) is 0 Å². The zero-order valence-corrected chi connectivity index (χ0v) is 13.3. The molecular formula is C18H26O3. The molecule has 0 radical (unpaired) electrons. The zero-order chi connectivity index (χ0) is 15.2. The number of benzene rings is 1. The highest BCUT2D eigenvalue weighted by atomic mass is 17.2. The molecule has 1 aromatic carbocycles. The molecule has 21 heavy (non-hydrogen) atoms. The molecule has 2 atom stereocenters. The Morgan fingerprint density at radius 3 is 2.33 bits per heavy atom. The summed E-state index contributed by atoms with van der Waals surface area (Å²) in [6.07, 6.45) is 5.65. The molecule has 1 aliphatic rings. The third-order valence-electron chi connectivity index (χ3n) is 4.40. The monoisotopic (exact) mass is 290 g/mol. The fraction of sp³-hybridized carbons (Fsp3) is 0.611. The Kier molecular flexibility index (Phi) is 5.80. The SMILES string of the molecule is CCCc1ccc(C(=O)OOC2C(C)CCCC2C)cc1. The lowest BCUT2D eigenvalue weighted by Gasteiger charge is -2.32. The van der Waals surface area contributed by atoms with Crippen molar-refractivity contribution in [1.29, 1.82) is 0 Å². The van der Waals surface area contributed by atoms with Crippen molar-refractivity contribution < 1.29 is 14.6 Å². The summed E-state index contributed by atoms with van der Waals surface area (Å²) >= 11 is 0. The van der Waals surface area contributed by atoms with E-state index in [4.69, 9.17) is 9.78 Å². The van der Waals surface area contributed by atoms with E-state index >= 15 is 0 Å². The van der Waals surface area contributed by atoms with Gasteiger partial charge in [0.25, 0.3) is 0 Å². The first-order chi connectivity index (χ1) is 10.1. The van der Waals surface area contributed by atoms with Gasteiger partial charge in [0, 0.05) is 0 Å². The molecule has 1 aromatic rings. The number of hydrogen-bond donors (Lipinski definition) is 0. The minimum atomic E-state index is -0.400. The highest BCUT2D eigenvalue weighted by Crippen LogP contribution is 2.31. The van der Waals surface area contributed by atoms with Crippen molar-refractivity contribution in [2.75, 3.05) is 0 Å². The number of aryl methyl sites for hydroxylation is 1. The molecule has 0 saturated heterocycles. The van der Waals surface area contributed by atoms with Crippen LogP contribution in [0.2, 0.25) is 0 Å². The molecule has 0 aromatic heterocycles. The second-order valence-electron chi connectivity index (χ2n) is 6.26. The highest BCUT2D eigenvalue weighted by Gasteiger charge is 2.30. The van der Waals surface area contributed by atoms with Crippen molar-refractivity contribution in [1.82, 2.24) is 0 Å². The summed E-state index contributed by atoms with van der Waals surface area (Å²) in [5, 5.41) is 0. The molecule has 2 unspecified atom stereocenters. The largest absolute Gasteiger partial charge is 0.373 e. The van der Waals surface area contributed by atoms with Gasteiger partial charge in [-0.15, -0.1) is 0 Å². The Morgan fingerprint density at radius 2 is 1.76 bits per heavy atom. The Balaban J connectivity index is 1.88. The molecule has 0 spiro atoms. The van der Waals surface area contributed by atoms with Crippen LogP contribution in [0.4, 0.5) is 0 Å². The van der Waals surface area contributed by atoms with E-state index in [0.29, 0.717) is 17.4 Å². The van der Waals surface area contributed by atoms with Crippen molar-refractivity contribution >= 4 is 5.97 Å². The van der Waals surface area contributed by atoms with E-state index < -0.39 is 5.97 Å². The van der Waals surface area contributed by atoms with Gasteiger partial charge in [-0.1, -0.05) is 45.7 Å². The molecule has 3 nitrogen and oxygen atoms in total. The predicted molar refractivity (Wildman–Crippen MR) is 82.9 cm³/mol. The molecule has 0 amide bonds. The minimum Gasteiger partial charge on any atom is -0.293 e. The second-order valence-corrected chi connectivity index (χ2v) is 6.26. The maximum absolute atomic E-state index is 12.0. The molecular weight excluding hydrogens is 264 g/mol. The van der Waals surface area contributed by atoms with Gasteiger partial charge in [-0.05, 0) is 48.8 Å². The molecule has 0 heterocycles. The third-order valence-corrected chi connectivity index (χ3v) is 4.40. The number of carbonyl (C=O) groups is 1. The van der Waals surface area contributed by atoms with Crippen LogP contribution in [0.15, 0.2) is 24.3 Å². The first-order valence-corrected chi connectivity index (χ1v) is 8.08. The summed E-state index contributed by atoms with van der Waals surface area (Å²) < 4.78 is 0. The van der Waals surface area contributed by atoms with E-state index in [9.17, 15) is 4.79 Å². The molecule has 1 fully saturated rings. The van der Waals surface area contributed by atoms with E-state index in [-0.39, 0.29) is 6.10 Å². The van der Waals surface area contributed by atoms with E-state index in [0.717, 1.165) is 25.7 Å². The Morgan fingerprint density at radius 1 is 1.14 bits per heavy atom. The van der Waals surface area contributed by atoms with Gasteiger partial charge in [0.05, 0.1) is 5.56 Å². The van der Waals surface area contributed by atoms with Crippen molar-refractivity contribution in [2.24, 2.45) is 11.8 Å². The maximum Gasteiger partial charge on any atom is 0.373 e. The fourth-order valence-corrected chi connectivity index (χ4v) is 3.08. The fourth-order valence-electron chi connectivity index (χ4n) is 3.08. The first-order valence-electron chi connectivity index (χ1n) is 8.08. The van der Waals surface area contributed by atoms with Crippen molar-refractivity contribution in [3.8, 4) is 0 Å². The normalized spacial score (nSPS) is 25.6. The predicted octanol–water partition coefficient (Wildman–Crippen LogP) is 4.55. The molecule has 3 heteroatoms. The number of hydrogen-bond acceptors (Lipinski definition) is 3. The quantitative estimate of drug-likeness (QED) is 0.589. The smallest absolute Gasteiger partial charge is 0.293 e. The van der Waals surface area contributed by atoms with Crippen LogP contribution in [-0.2, 0) is 16.2 Å². The summed E-state index contributed by atoms with van der Waals surface area (Å²) in [7, 11) is 0. The van der Waals surface area contributed by atoms with Crippen LogP contribution in [0.25, 0.3) is 0 Å². The topological polar surface area (TPSA) is 35.5 Å². The van der Waals surface area contributed by atoms with Crippen LogP contribution < -0.4 is 0 Å². The van der Waals surface area contributed by atoms with Gasteiger partial charge < -0.3 is 0 Å². The summed E-state index contributed by atoms with van der Waals surface area (Å²) in [4.78, 5) is 22.5. The lowest BCUT2D eigenvalue weighted by molar-refractivity contribution is -0.299. The first kappa shape index (κ1) is 16.0. The zero-order valence-electron chi connectivity index (χ0n) is 13.3. The molecule has 0 bridgehead atoms. The maximum atomic E-state index is 12.0. The van der Waals surface area contributed by atoms with Crippen molar-refractivity contribution in [3.05, 3.63) is 35.4 Å². The van der Waals surface area contributed by atoms with Crippen LogP contribution >= 0.6 is 0 Å². The Bertz CT molecular complexity index is 442. The van der Waals surface area contributed by atoms with Gasteiger partial charge in [0.15, 0.2) is 0 Å². The lowest BCUT2D eigenvalue weighted by atomic mass is 9.81. The summed E-state index contributed by atoms with van der Waals surface area (Å²) in [5.41, 5.74) is 1.79. The van der Waals surface area contributed by atoms with Crippen LogP contribution in [-0.4, -0.2) is 12.1 Å². The van der Waals surface area contributed by atoms with Gasteiger partial charge in [-0.2, -0.15) is 4.89 Å². The van der Waals surface area contributed by atoms with Crippen LogP contribution in [0, 0.1) is 11.8 Å². The van der Waals surface area contributed by atoms with E-state index in [2.05, 4.69) is 20.8 Å². The summed E-state index contributed by atoms with van der Waals surface area (Å²) in [5.74, 6) is 0.477. The van der Waals surface area contributed by atoms with Gasteiger partial charge in [0.1, 0.15) is 6.10 Å². The molecule has 116 valence electrons. The highest BCUT2D eigenvalue weighted by molar-refractivity contribution is 5.88. The van der Waals surface area contributed by atoms with Gasteiger partial charge in [0.2, 0.25) is 0 Å². The second kappa shape index (κ2) is 7.60. The van der Waals surface area contributed by atoms with Crippen LogP contribution in [0.1, 0.15) is 62.4 Å². The van der Waals surface area contributed by atoms with E-state index in [1.54, 1.807) is 0 Å². The number of carbonyl (C=O) groups excluding carboxylic acids is 1. The van der Waals surface area contributed by atoms with Gasteiger partial charge >= 0.3 is 5.97 Å². The van der Waals surface area contributed by atoms with Gasteiger partial charge in [-0.25, -0.2) is 4.79 Å². The Hall–Kier alpha value is -1.35. The molecule has 0 N–H and O–H groups in total. The summed E-state index contributed by atoms with van der Waals surface area (Å²) in [6.45, 7) is 6.46. The average molecular weight is 290 g/mol. The van der Waals surface area contributed by atoms with Crippen LogP contribution in [0.3, 0.4) is 0 Å². The minimum absolute atomic E-state index is 0.0158. The molecule has 2 rings (SSSR count). The number of rotatable bonds is 5. The lowest BCUT2D eigenvalue weighted by Crippen LogP contribution is -2.33. The average Bonchev–Trinajstić information content (AvgIpc) is 2.47. The standard InChI is InChI=1S/C18H26O3/c1-4-6-15-9-11-16(12-10-15)18(19)21-20-17-13(2)7-5-8-14(17)3/h9-14,17H,4-8H2,1-3H3. The van der Waals surface area contributed by atoms with E-state index in [1.807, 2.05) is 24.3 Å². The van der Waals surface area contributed by atoms with Gasteiger partial charge in [-0.3, -0.25) is 4.89 Å². The Labute approximate surface area is 127 Å². The molecule has 1 saturated carbocycles. The molecule has 1 aliphatic carbocycles. The van der Waals surface area contributed by atoms with E-state index in [1.165, 1.54) is 12.0 Å². The third kappa shape index (κ3) is 4.31. The summed E-state index contributed by atoms with van der Waals surface area (Å²) in [6, 6.07) is 7.58. The van der Waals surface area contributed by atoms with Crippen molar-refractivity contribution in [3.63, 3.8) is 0 Å². The molecule has 0 aliphatic heterocycles. The van der Waals surface area contributed by atoms with Crippen molar-refractivity contribution in [2.45, 2.75) is 59.0 Å².